The highest BCUT2D eigenvalue weighted by Gasteiger charge is 2.13. The third-order valence-corrected chi connectivity index (χ3v) is 4.34. The maximum atomic E-state index is 12.0. The molecule has 30 heavy (non-hydrogen) atoms. The Hall–Kier alpha value is -3.93. The van der Waals surface area contributed by atoms with Gasteiger partial charge in [0.25, 0.3) is 0 Å². The highest BCUT2D eigenvalue weighted by atomic mass is 16.5. The predicted octanol–water partition coefficient (Wildman–Crippen LogP) is 3.97. The Morgan fingerprint density at radius 2 is 1.67 bits per heavy atom. The number of benzene rings is 3. The molecule has 3 aromatic carbocycles. The summed E-state index contributed by atoms with van der Waals surface area (Å²) in [6, 6.07) is 22.7. The smallest absolute Gasteiger partial charge is 0.329 e. The van der Waals surface area contributed by atoms with Crippen LogP contribution in [0.2, 0.25) is 0 Å². The van der Waals surface area contributed by atoms with Crippen LogP contribution >= 0.6 is 0 Å². The molecule has 0 aliphatic carbocycles. The number of hydrazone groups is 1. The quantitative estimate of drug-likeness (QED) is 0.373. The Bertz CT molecular complexity index is 1050. The van der Waals surface area contributed by atoms with Crippen LogP contribution in [0.4, 0.5) is 5.69 Å². The van der Waals surface area contributed by atoms with Crippen molar-refractivity contribution >= 4 is 23.7 Å². The zero-order valence-corrected chi connectivity index (χ0v) is 16.9. The normalized spacial score (nSPS) is 10.6. The van der Waals surface area contributed by atoms with Gasteiger partial charge in [-0.05, 0) is 60.9 Å². The van der Waals surface area contributed by atoms with E-state index in [0.29, 0.717) is 12.3 Å². The molecule has 0 bridgehead atoms. The molecule has 0 heterocycles. The summed E-state index contributed by atoms with van der Waals surface area (Å²) in [5.74, 6) is -0.884. The lowest BCUT2D eigenvalue weighted by Gasteiger charge is -2.08. The molecule has 3 rings (SSSR count). The average Bonchev–Trinajstić information content (AvgIpc) is 2.75. The summed E-state index contributed by atoms with van der Waals surface area (Å²) in [5, 5.41) is 6.42. The van der Waals surface area contributed by atoms with Crippen LogP contribution < -0.4 is 15.5 Å². The molecule has 0 radical (unpaired) electrons. The fourth-order valence-corrected chi connectivity index (χ4v) is 2.74. The van der Waals surface area contributed by atoms with Gasteiger partial charge in [0, 0.05) is 5.69 Å². The van der Waals surface area contributed by atoms with Crippen molar-refractivity contribution in [2.45, 2.75) is 20.5 Å². The van der Waals surface area contributed by atoms with Gasteiger partial charge >= 0.3 is 11.8 Å². The molecule has 0 saturated carbocycles. The van der Waals surface area contributed by atoms with Crippen molar-refractivity contribution < 1.29 is 14.3 Å². The number of nitrogens with zero attached hydrogens (tertiary/aromatic N) is 1. The lowest BCUT2D eigenvalue weighted by atomic mass is 10.1. The van der Waals surface area contributed by atoms with Gasteiger partial charge in [-0.1, -0.05) is 48.0 Å². The number of carbonyl (C=O) groups is 2. The minimum absolute atomic E-state index is 0.486. The molecule has 0 unspecified atom stereocenters. The number of aryl methyl sites for hydroxylation is 2. The third kappa shape index (κ3) is 6.04. The van der Waals surface area contributed by atoms with E-state index in [9.17, 15) is 9.59 Å². The first-order valence-corrected chi connectivity index (χ1v) is 9.50. The van der Waals surface area contributed by atoms with Gasteiger partial charge in [-0.3, -0.25) is 9.59 Å². The summed E-state index contributed by atoms with van der Waals surface area (Å²) >= 11 is 0. The molecule has 3 aromatic rings. The lowest BCUT2D eigenvalue weighted by molar-refractivity contribution is -0.136. The van der Waals surface area contributed by atoms with Crippen molar-refractivity contribution in [3.63, 3.8) is 0 Å². The Balaban J connectivity index is 1.48. The van der Waals surface area contributed by atoms with Crippen molar-refractivity contribution in [2.24, 2.45) is 5.10 Å². The largest absolute Gasteiger partial charge is 0.489 e. The highest BCUT2D eigenvalue weighted by Crippen LogP contribution is 2.16. The van der Waals surface area contributed by atoms with Crippen LogP contribution in [0.25, 0.3) is 0 Å². The molecule has 0 fully saturated rings. The number of amides is 2. The van der Waals surface area contributed by atoms with E-state index in [4.69, 9.17) is 4.74 Å². The van der Waals surface area contributed by atoms with Crippen LogP contribution in [0, 0.1) is 13.8 Å². The summed E-state index contributed by atoms with van der Waals surface area (Å²) in [4.78, 5) is 23.9. The second kappa shape index (κ2) is 10.0. The Morgan fingerprint density at radius 1 is 0.933 bits per heavy atom. The summed E-state index contributed by atoms with van der Waals surface area (Å²) in [5.41, 5.74) is 6.64. The average molecular weight is 401 g/mol. The maximum absolute atomic E-state index is 12.0. The van der Waals surface area contributed by atoms with Crippen molar-refractivity contribution in [3.05, 3.63) is 95.1 Å². The molecular weight excluding hydrogens is 378 g/mol. The van der Waals surface area contributed by atoms with Gasteiger partial charge in [0.2, 0.25) is 0 Å². The number of nitrogens with one attached hydrogen (secondary N) is 2. The fraction of sp³-hybridized carbons (Fsp3) is 0.125. The molecule has 0 aromatic heterocycles. The van der Waals surface area contributed by atoms with Gasteiger partial charge in [-0.15, -0.1) is 0 Å². The van der Waals surface area contributed by atoms with Gasteiger partial charge in [0.05, 0.1) is 6.21 Å². The lowest BCUT2D eigenvalue weighted by Crippen LogP contribution is -2.32. The maximum Gasteiger partial charge on any atom is 0.329 e. The predicted molar refractivity (Wildman–Crippen MR) is 117 cm³/mol. The van der Waals surface area contributed by atoms with Gasteiger partial charge in [0.1, 0.15) is 12.4 Å². The minimum Gasteiger partial charge on any atom is -0.489 e. The van der Waals surface area contributed by atoms with E-state index in [1.807, 2.05) is 80.6 Å². The van der Waals surface area contributed by atoms with Crippen LogP contribution in [0.15, 0.2) is 77.9 Å². The van der Waals surface area contributed by atoms with Gasteiger partial charge in [0.15, 0.2) is 0 Å². The number of hydrogen-bond acceptors (Lipinski definition) is 4. The Morgan fingerprint density at radius 3 is 2.37 bits per heavy atom. The molecule has 6 nitrogen and oxygen atoms in total. The van der Waals surface area contributed by atoms with Gasteiger partial charge in [-0.2, -0.15) is 5.10 Å². The highest BCUT2D eigenvalue weighted by molar-refractivity contribution is 6.39. The van der Waals surface area contributed by atoms with Crippen molar-refractivity contribution in [1.82, 2.24) is 5.43 Å². The van der Waals surface area contributed by atoms with Crippen LogP contribution in [0.5, 0.6) is 5.75 Å². The first-order chi connectivity index (χ1) is 14.5. The first kappa shape index (κ1) is 20.8. The molecule has 0 aliphatic heterocycles. The summed E-state index contributed by atoms with van der Waals surface area (Å²) < 4.78 is 5.73. The van der Waals surface area contributed by atoms with Gasteiger partial charge in [-0.25, -0.2) is 5.43 Å². The molecule has 2 amide bonds. The molecular formula is C24H23N3O3. The van der Waals surface area contributed by atoms with E-state index in [-0.39, 0.29) is 0 Å². The zero-order valence-electron chi connectivity index (χ0n) is 16.9. The number of hydrogen-bond donors (Lipinski definition) is 2. The van der Waals surface area contributed by atoms with E-state index in [1.54, 1.807) is 6.07 Å². The molecule has 2 N–H and O–H groups in total. The third-order valence-electron chi connectivity index (χ3n) is 4.34. The molecule has 6 heteroatoms. The van der Waals surface area contributed by atoms with E-state index in [1.165, 1.54) is 6.21 Å². The number of carbonyl (C=O) groups excluding carboxylic acids is 2. The molecule has 0 spiro atoms. The number of anilines is 1. The zero-order chi connectivity index (χ0) is 21.3. The number of rotatable bonds is 6. The van der Waals surface area contributed by atoms with Crippen LogP contribution in [-0.2, 0) is 16.2 Å². The summed E-state index contributed by atoms with van der Waals surface area (Å²) in [7, 11) is 0. The second-order valence-corrected chi connectivity index (χ2v) is 6.81. The second-order valence-electron chi connectivity index (χ2n) is 6.81. The van der Waals surface area contributed by atoms with Crippen LogP contribution in [-0.4, -0.2) is 18.0 Å². The minimum atomic E-state index is -0.839. The monoisotopic (exact) mass is 401 g/mol. The van der Waals surface area contributed by atoms with Crippen LogP contribution in [0.3, 0.4) is 0 Å². The van der Waals surface area contributed by atoms with Crippen LogP contribution in [0.1, 0.15) is 22.3 Å². The summed E-state index contributed by atoms with van der Waals surface area (Å²) in [6.45, 7) is 4.31. The van der Waals surface area contributed by atoms with E-state index >= 15 is 0 Å². The fourth-order valence-electron chi connectivity index (χ4n) is 2.74. The molecule has 0 saturated heterocycles. The van der Waals surface area contributed by atoms with Crippen molar-refractivity contribution in [1.29, 1.82) is 0 Å². The first-order valence-electron chi connectivity index (χ1n) is 9.50. The van der Waals surface area contributed by atoms with E-state index in [2.05, 4.69) is 15.8 Å². The number of ether oxygens (including phenoxy) is 1. The summed E-state index contributed by atoms with van der Waals surface area (Å²) in [6.07, 6.45) is 1.46. The van der Waals surface area contributed by atoms with E-state index in [0.717, 1.165) is 28.0 Å². The topological polar surface area (TPSA) is 79.8 Å². The molecule has 0 aliphatic rings. The molecule has 152 valence electrons. The van der Waals surface area contributed by atoms with Crippen molar-refractivity contribution in [3.8, 4) is 5.75 Å². The Kier molecular flexibility index (Phi) is 6.95. The van der Waals surface area contributed by atoms with Crippen molar-refractivity contribution in [2.75, 3.05) is 5.32 Å². The Labute approximate surface area is 175 Å². The van der Waals surface area contributed by atoms with Gasteiger partial charge < -0.3 is 10.1 Å². The molecule has 0 atom stereocenters. The SMILES string of the molecule is Cc1ccc(NC(=O)C(=O)N/N=C/c2ccc(OCc3ccccc3)cc2)c(C)c1. The standard InChI is InChI=1S/C24H23N3O3/c1-17-8-13-22(18(2)14-17)26-23(28)24(29)27-25-15-19-9-11-21(12-10-19)30-16-20-6-4-3-5-7-20/h3-15H,16H2,1-2H3,(H,26,28)(H,27,29)/b25-15+. The van der Waals surface area contributed by atoms with E-state index < -0.39 is 11.8 Å².